The van der Waals surface area contributed by atoms with Crippen molar-refractivity contribution in [3.8, 4) is 0 Å². The number of ether oxygens (including phenoxy) is 1. The molecule has 1 aromatic carbocycles. The van der Waals surface area contributed by atoms with Gasteiger partial charge in [0.25, 0.3) is 0 Å². The third kappa shape index (κ3) is 2.84. The van der Waals surface area contributed by atoms with Crippen LogP contribution in [0.2, 0.25) is 0 Å². The van der Waals surface area contributed by atoms with E-state index < -0.39 is 12.1 Å². The number of benzene rings is 1. The van der Waals surface area contributed by atoms with E-state index in [0.717, 1.165) is 6.42 Å². The number of Topliss-reactive ketones (excluding diaryl/α,β-unsaturated/α-hetero) is 1. The first-order valence-electron chi connectivity index (χ1n) is 10.3. The molecule has 0 spiro atoms. The van der Waals surface area contributed by atoms with E-state index in [2.05, 4.69) is 12.2 Å². The number of amides is 2. The Balaban J connectivity index is 1.19. The van der Waals surface area contributed by atoms with Gasteiger partial charge in [0, 0.05) is 12.1 Å². The maximum atomic E-state index is 12.9. The predicted octanol–water partition coefficient (Wildman–Crippen LogP) is 2.24. The Kier molecular flexibility index (Phi) is 4.19. The zero-order valence-electron chi connectivity index (χ0n) is 16.2. The Hall–Kier alpha value is -2.76. The third-order valence-corrected chi connectivity index (χ3v) is 7.03. The number of likely N-dealkylation sites (tertiary alicyclic amines) is 1. The molecule has 5 aliphatic rings. The van der Waals surface area contributed by atoms with E-state index in [1.807, 2.05) is 0 Å². The van der Waals surface area contributed by atoms with E-state index in [0.29, 0.717) is 17.4 Å². The van der Waals surface area contributed by atoms with Crippen LogP contribution < -0.4 is 0 Å². The monoisotopic (exact) mass is 393 g/mol. The quantitative estimate of drug-likeness (QED) is 0.320. The molecular weight excluding hydrogens is 370 g/mol. The van der Waals surface area contributed by atoms with Gasteiger partial charge in [-0.1, -0.05) is 42.5 Å². The maximum Gasteiger partial charge on any atom is 0.308 e. The van der Waals surface area contributed by atoms with Crippen LogP contribution in [0.3, 0.4) is 0 Å². The topological polar surface area (TPSA) is 80.8 Å². The molecule has 7 atom stereocenters. The van der Waals surface area contributed by atoms with Crippen molar-refractivity contribution >= 4 is 23.6 Å². The molecule has 1 saturated heterocycles. The standard InChI is InChI=1S/C23H23NO5/c1-12(21(26)13-5-3-2-4-6-13)29-18(25)9-10-24-22(27)19-14-7-8-15(17-11-16(14)17)20(19)23(24)28/h2-8,12,14-17,19-20H,9-11H2,1H3/t12-,14+,15+,16+,17+,19-,20-/m0/s1. The fourth-order valence-corrected chi connectivity index (χ4v) is 5.59. The summed E-state index contributed by atoms with van der Waals surface area (Å²) in [7, 11) is 0. The molecule has 2 bridgehead atoms. The fourth-order valence-electron chi connectivity index (χ4n) is 5.59. The SMILES string of the molecule is C[C@H](OC(=O)CCN1C(=O)[C@H]2[C@@H]3C=C[C@H]([C@H]4C[C@H]34)[C@@H]2C1=O)C(=O)c1ccccc1. The van der Waals surface area contributed by atoms with E-state index in [9.17, 15) is 19.2 Å². The number of hydrogen-bond donors (Lipinski definition) is 0. The maximum absolute atomic E-state index is 12.9. The number of allylic oxidation sites excluding steroid dienone is 2. The average Bonchev–Trinajstić information content (AvgIpc) is 3.51. The van der Waals surface area contributed by atoms with E-state index in [-0.39, 0.29) is 54.2 Å². The molecule has 29 heavy (non-hydrogen) atoms. The van der Waals surface area contributed by atoms with Crippen molar-refractivity contribution < 1.29 is 23.9 Å². The Bertz CT molecular complexity index is 886. The molecule has 0 unspecified atom stereocenters. The fraction of sp³-hybridized carbons (Fsp3) is 0.478. The molecule has 2 saturated carbocycles. The van der Waals surface area contributed by atoms with Gasteiger partial charge in [-0.2, -0.15) is 0 Å². The van der Waals surface area contributed by atoms with Gasteiger partial charge in [-0.25, -0.2) is 0 Å². The van der Waals surface area contributed by atoms with Gasteiger partial charge in [0.15, 0.2) is 6.10 Å². The van der Waals surface area contributed by atoms with Crippen molar-refractivity contribution in [1.82, 2.24) is 4.90 Å². The van der Waals surface area contributed by atoms with Crippen LogP contribution >= 0.6 is 0 Å². The van der Waals surface area contributed by atoms with Gasteiger partial charge in [-0.15, -0.1) is 0 Å². The minimum absolute atomic E-state index is 0.0184. The molecule has 1 heterocycles. The molecule has 1 aromatic rings. The minimum Gasteiger partial charge on any atom is -0.454 e. The van der Waals surface area contributed by atoms with Crippen molar-refractivity contribution in [2.24, 2.45) is 35.5 Å². The van der Waals surface area contributed by atoms with Crippen LogP contribution in [-0.2, 0) is 19.1 Å². The molecule has 4 aliphatic carbocycles. The van der Waals surface area contributed by atoms with Crippen LogP contribution in [-0.4, -0.2) is 41.1 Å². The third-order valence-electron chi connectivity index (χ3n) is 7.03. The van der Waals surface area contributed by atoms with Crippen LogP contribution in [0, 0.1) is 35.5 Å². The summed E-state index contributed by atoms with van der Waals surface area (Å²) in [6, 6.07) is 8.64. The van der Waals surface area contributed by atoms with Crippen molar-refractivity contribution in [2.75, 3.05) is 6.54 Å². The van der Waals surface area contributed by atoms with Gasteiger partial charge in [0.05, 0.1) is 18.3 Å². The Morgan fingerprint density at radius 1 is 1.03 bits per heavy atom. The van der Waals surface area contributed by atoms with E-state index in [1.165, 1.54) is 11.8 Å². The number of rotatable bonds is 6. The van der Waals surface area contributed by atoms with Gasteiger partial charge in [-0.05, 0) is 37.0 Å². The first-order valence-corrected chi connectivity index (χ1v) is 10.3. The highest BCUT2D eigenvalue weighted by Gasteiger charge is 2.66. The highest BCUT2D eigenvalue weighted by Crippen LogP contribution is 2.65. The Morgan fingerprint density at radius 2 is 1.62 bits per heavy atom. The smallest absolute Gasteiger partial charge is 0.308 e. The van der Waals surface area contributed by atoms with Crippen LogP contribution in [0.4, 0.5) is 0 Å². The number of nitrogens with zero attached hydrogens (tertiary/aromatic N) is 1. The molecule has 3 fully saturated rings. The summed E-state index contributed by atoms with van der Waals surface area (Å²) in [4.78, 5) is 51.6. The minimum atomic E-state index is -0.912. The molecule has 150 valence electrons. The molecule has 6 nitrogen and oxygen atoms in total. The lowest BCUT2D eigenvalue weighted by atomic mass is 9.63. The molecular formula is C23H23NO5. The Labute approximate surface area is 168 Å². The number of hydrogen-bond acceptors (Lipinski definition) is 5. The predicted molar refractivity (Wildman–Crippen MR) is 102 cm³/mol. The van der Waals surface area contributed by atoms with Crippen molar-refractivity contribution in [3.05, 3.63) is 48.0 Å². The van der Waals surface area contributed by atoms with Crippen molar-refractivity contribution in [3.63, 3.8) is 0 Å². The number of carbonyl (C=O) groups is 4. The number of esters is 1. The summed E-state index contributed by atoms with van der Waals surface area (Å²) >= 11 is 0. The lowest BCUT2D eigenvalue weighted by molar-refractivity contribution is -0.148. The van der Waals surface area contributed by atoms with Crippen molar-refractivity contribution in [1.29, 1.82) is 0 Å². The van der Waals surface area contributed by atoms with Crippen LogP contribution in [0.5, 0.6) is 0 Å². The molecule has 6 heteroatoms. The van der Waals surface area contributed by atoms with Gasteiger partial charge in [-0.3, -0.25) is 24.1 Å². The lowest BCUT2D eigenvalue weighted by Crippen LogP contribution is -2.40. The number of ketones is 1. The second-order valence-electron chi connectivity index (χ2n) is 8.60. The molecule has 0 aromatic heterocycles. The summed E-state index contributed by atoms with van der Waals surface area (Å²) in [5, 5.41) is 0. The van der Waals surface area contributed by atoms with E-state index >= 15 is 0 Å². The molecule has 0 radical (unpaired) electrons. The molecule has 2 amide bonds. The highest BCUT2D eigenvalue weighted by atomic mass is 16.5. The van der Waals surface area contributed by atoms with Gasteiger partial charge in [0.2, 0.25) is 17.6 Å². The largest absolute Gasteiger partial charge is 0.454 e. The first kappa shape index (κ1) is 18.3. The summed E-state index contributed by atoms with van der Waals surface area (Å²) < 4.78 is 5.24. The summed E-state index contributed by atoms with van der Waals surface area (Å²) in [5.74, 6) is -0.209. The van der Waals surface area contributed by atoms with E-state index in [1.54, 1.807) is 30.3 Å². The lowest BCUT2D eigenvalue weighted by Gasteiger charge is -2.37. The highest BCUT2D eigenvalue weighted by molar-refractivity contribution is 6.06. The molecule has 1 aliphatic heterocycles. The normalized spacial score (nSPS) is 34.6. The van der Waals surface area contributed by atoms with Gasteiger partial charge >= 0.3 is 5.97 Å². The van der Waals surface area contributed by atoms with Gasteiger partial charge < -0.3 is 4.74 Å². The van der Waals surface area contributed by atoms with Crippen LogP contribution in [0.15, 0.2) is 42.5 Å². The van der Waals surface area contributed by atoms with Gasteiger partial charge in [0.1, 0.15) is 0 Å². The Morgan fingerprint density at radius 3 is 2.21 bits per heavy atom. The molecule has 0 N–H and O–H groups in total. The zero-order chi connectivity index (χ0) is 20.3. The van der Waals surface area contributed by atoms with E-state index in [4.69, 9.17) is 4.74 Å². The number of carbonyl (C=O) groups excluding carboxylic acids is 4. The van der Waals surface area contributed by atoms with Crippen LogP contribution in [0.25, 0.3) is 0 Å². The summed E-state index contributed by atoms with van der Waals surface area (Å²) in [5.41, 5.74) is 0.475. The summed E-state index contributed by atoms with van der Waals surface area (Å²) in [6.07, 6.45) is 4.36. The van der Waals surface area contributed by atoms with Crippen LogP contribution in [0.1, 0.15) is 30.1 Å². The first-order chi connectivity index (χ1) is 14.0. The average molecular weight is 393 g/mol. The van der Waals surface area contributed by atoms with Crippen molar-refractivity contribution in [2.45, 2.75) is 25.9 Å². The second-order valence-corrected chi connectivity index (χ2v) is 8.60. The second kappa shape index (κ2) is 6.65. The zero-order valence-corrected chi connectivity index (χ0v) is 16.2. The number of imide groups is 1. The summed E-state index contributed by atoms with van der Waals surface area (Å²) in [6.45, 7) is 1.55. The molecule has 6 rings (SSSR count).